The molecule has 0 N–H and O–H groups in total. The van der Waals surface area contributed by atoms with Gasteiger partial charge in [0.25, 0.3) is 0 Å². The van der Waals surface area contributed by atoms with Gasteiger partial charge in [0.2, 0.25) is 0 Å². The fourth-order valence-corrected chi connectivity index (χ4v) is 0. The van der Waals surface area contributed by atoms with Gasteiger partial charge in [0.15, 0.2) is 0 Å². The second-order valence-electron chi connectivity index (χ2n) is 1.60. The monoisotopic (exact) mass is 204 g/mol. The molecule has 0 unspecified atom stereocenters. The van der Waals surface area contributed by atoms with Gasteiger partial charge >= 0.3 is 0 Å². The molecule has 0 bridgehead atoms. The van der Waals surface area contributed by atoms with Crippen molar-refractivity contribution in [2.45, 2.75) is 25.1 Å². The number of Topliss-reactive ketones (excluding diaryl/α,β-unsaturated/α-hetero) is 1. The van der Waals surface area contributed by atoms with Crippen molar-refractivity contribution < 1.29 is 4.79 Å². The largest absolute Gasteiger partial charge is 0.300 e. The molecule has 0 saturated heterocycles. The summed E-state index contributed by atoms with van der Waals surface area (Å²) in [5, 5.41) is 0. The van der Waals surface area contributed by atoms with Crippen molar-refractivity contribution in [3.8, 4) is 0 Å². The Hall–Kier alpha value is 0.540. The normalized spacial score (nSPS) is 8.60. The molecule has 0 aromatic heterocycles. The van der Waals surface area contributed by atoms with Gasteiger partial charge in [-0.25, -0.2) is 0 Å². The Morgan fingerprint density at radius 1 is 1.50 bits per heavy atom. The summed E-state index contributed by atoms with van der Waals surface area (Å²) in [7, 11) is 0. The van der Waals surface area contributed by atoms with Crippen molar-refractivity contribution in [2.75, 3.05) is 5.88 Å². The predicted octanol–water partition coefficient (Wildman–Crippen LogP) is 3.01. The van der Waals surface area contributed by atoms with Crippen LogP contribution < -0.4 is 0 Å². The van der Waals surface area contributed by atoms with E-state index in [-0.39, 0.29) is 5.78 Å². The lowest BCUT2D eigenvalue weighted by Crippen LogP contribution is -1.82. The summed E-state index contributed by atoms with van der Waals surface area (Å²) in [5.41, 5.74) is 0. The average Bonchev–Trinajstić information content (AvgIpc) is 1.89. The second kappa shape index (κ2) is 9.54. The zero-order valence-corrected chi connectivity index (χ0v) is 8.30. The maximum Gasteiger partial charge on any atom is 0.129 e. The van der Waals surface area contributed by atoms with E-state index in [4.69, 9.17) is 34.8 Å². The average molecular weight is 206 g/mol. The van der Waals surface area contributed by atoms with Gasteiger partial charge in [-0.2, -0.15) is 0 Å². The first-order valence-electron chi connectivity index (χ1n) is 2.88. The Morgan fingerprint density at radius 3 is 1.70 bits per heavy atom. The molecule has 0 aliphatic carbocycles. The van der Waals surface area contributed by atoms with Crippen molar-refractivity contribution >= 4 is 40.6 Å². The van der Waals surface area contributed by atoms with Crippen LogP contribution in [-0.2, 0) is 4.79 Å². The molecule has 0 saturated carbocycles. The first-order valence-corrected chi connectivity index (χ1v) is 4.28. The Kier molecular flexibility index (Phi) is 12.5. The summed E-state index contributed by atoms with van der Waals surface area (Å²) >= 11 is 15.3. The third-order valence-electron chi connectivity index (χ3n) is 0.615. The molecule has 1 nitrogen and oxygen atoms in total. The van der Waals surface area contributed by atoms with Crippen LogP contribution in [-0.4, -0.2) is 16.5 Å². The summed E-state index contributed by atoms with van der Waals surface area (Å²) < 4.78 is 0. The fourth-order valence-electron chi connectivity index (χ4n) is 0. The molecule has 0 aliphatic heterocycles. The summed E-state index contributed by atoms with van der Waals surface area (Å²) in [4.78, 5) is 9.41. The van der Waals surface area contributed by atoms with E-state index in [0.29, 0.717) is 12.3 Å². The van der Waals surface area contributed by atoms with Gasteiger partial charge in [-0.15, -0.1) is 34.8 Å². The van der Waals surface area contributed by atoms with Gasteiger partial charge < -0.3 is 4.79 Å². The number of hydrogen-bond acceptors (Lipinski definition) is 1. The quantitative estimate of drug-likeness (QED) is 0.634. The standard InChI is InChI=1S/C4H8O.C2H3Cl3/c1-3-4(2)5;3-1-2(4)5/h3H2,1-2H3;2H,1H2. The molecule has 0 aliphatic rings. The number of alkyl halides is 3. The highest BCUT2D eigenvalue weighted by atomic mass is 35.5. The second-order valence-corrected chi connectivity index (χ2v) is 3.19. The smallest absolute Gasteiger partial charge is 0.129 e. The van der Waals surface area contributed by atoms with Crippen LogP contribution in [0.25, 0.3) is 0 Å². The van der Waals surface area contributed by atoms with Crippen molar-refractivity contribution in [2.24, 2.45) is 0 Å². The van der Waals surface area contributed by atoms with Gasteiger partial charge in [-0.3, -0.25) is 0 Å². The van der Waals surface area contributed by atoms with Gasteiger partial charge in [-0.1, -0.05) is 6.92 Å². The number of carbonyl (C=O) groups is 1. The van der Waals surface area contributed by atoms with Crippen molar-refractivity contribution in [3.63, 3.8) is 0 Å². The molecule has 0 spiro atoms. The summed E-state index contributed by atoms with van der Waals surface area (Å²) in [6.07, 6.45) is 0.667. The van der Waals surface area contributed by atoms with E-state index in [2.05, 4.69) is 0 Å². The highest BCUT2D eigenvalue weighted by Gasteiger charge is 1.88. The van der Waals surface area contributed by atoms with Gasteiger partial charge in [0.1, 0.15) is 10.6 Å². The first kappa shape index (κ1) is 13.2. The Balaban J connectivity index is 0. The summed E-state index contributed by atoms with van der Waals surface area (Å²) in [6.45, 7) is 3.43. The number of ketones is 1. The number of rotatable bonds is 2. The maximum absolute atomic E-state index is 9.81. The molecule has 0 heterocycles. The van der Waals surface area contributed by atoms with Crippen LogP contribution in [0.15, 0.2) is 0 Å². The lowest BCUT2D eigenvalue weighted by atomic mass is 10.4. The van der Waals surface area contributed by atoms with Crippen LogP contribution in [0.5, 0.6) is 0 Å². The molecule has 0 aromatic rings. The molecule has 0 radical (unpaired) electrons. The van der Waals surface area contributed by atoms with E-state index >= 15 is 0 Å². The fraction of sp³-hybridized carbons (Fsp3) is 0.833. The van der Waals surface area contributed by atoms with Crippen LogP contribution in [0, 0.1) is 0 Å². The molecular formula is C6H11Cl3O. The lowest BCUT2D eigenvalue weighted by molar-refractivity contribution is -0.116. The van der Waals surface area contributed by atoms with Crippen LogP contribution >= 0.6 is 34.8 Å². The predicted molar refractivity (Wildman–Crippen MR) is 47.2 cm³/mol. The summed E-state index contributed by atoms with van der Waals surface area (Å²) in [6, 6.07) is 0. The lowest BCUT2D eigenvalue weighted by Gasteiger charge is -1.82. The van der Waals surface area contributed by atoms with E-state index in [1.807, 2.05) is 6.92 Å². The van der Waals surface area contributed by atoms with Crippen molar-refractivity contribution in [3.05, 3.63) is 0 Å². The topological polar surface area (TPSA) is 17.1 Å². The molecule has 4 heteroatoms. The molecule has 0 aromatic carbocycles. The third kappa shape index (κ3) is 23.6. The minimum absolute atomic E-state index is 0.255. The zero-order valence-electron chi connectivity index (χ0n) is 6.03. The van der Waals surface area contributed by atoms with Crippen LogP contribution in [0.3, 0.4) is 0 Å². The summed E-state index contributed by atoms with van der Waals surface area (Å²) in [5.74, 6) is 0.563. The third-order valence-corrected chi connectivity index (χ3v) is 1.55. The zero-order chi connectivity index (χ0) is 8.57. The minimum atomic E-state index is -0.406. The molecule has 0 atom stereocenters. The van der Waals surface area contributed by atoms with Crippen molar-refractivity contribution in [1.82, 2.24) is 0 Å². The van der Waals surface area contributed by atoms with Gasteiger partial charge in [0, 0.05) is 6.42 Å². The number of halogens is 3. The molecule has 0 fully saturated rings. The van der Waals surface area contributed by atoms with Crippen LogP contribution in [0.4, 0.5) is 0 Å². The van der Waals surface area contributed by atoms with E-state index in [0.717, 1.165) is 0 Å². The SMILES string of the molecule is CCC(C)=O.ClCC(Cl)Cl. The number of hydrogen-bond donors (Lipinski definition) is 0. The van der Waals surface area contributed by atoms with E-state index < -0.39 is 4.84 Å². The molecule has 10 heavy (non-hydrogen) atoms. The highest BCUT2D eigenvalue weighted by molar-refractivity contribution is 6.47. The van der Waals surface area contributed by atoms with Crippen molar-refractivity contribution in [1.29, 1.82) is 0 Å². The van der Waals surface area contributed by atoms with Gasteiger partial charge in [-0.05, 0) is 6.92 Å². The van der Waals surface area contributed by atoms with Crippen LogP contribution in [0.1, 0.15) is 20.3 Å². The molecular weight excluding hydrogens is 194 g/mol. The van der Waals surface area contributed by atoms with Crippen LogP contribution in [0.2, 0.25) is 0 Å². The van der Waals surface area contributed by atoms with E-state index in [1.54, 1.807) is 6.92 Å². The van der Waals surface area contributed by atoms with E-state index in [9.17, 15) is 4.79 Å². The minimum Gasteiger partial charge on any atom is -0.300 e. The highest BCUT2D eigenvalue weighted by Crippen LogP contribution is 2.01. The van der Waals surface area contributed by atoms with Gasteiger partial charge in [0.05, 0.1) is 5.88 Å². The molecule has 0 amide bonds. The Labute approximate surface area is 76.6 Å². The molecule has 0 rings (SSSR count). The van der Waals surface area contributed by atoms with E-state index in [1.165, 1.54) is 0 Å². The first-order chi connectivity index (χ1) is 4.54. The Morgan fingerprint density at radius 2 is 1.70 bits per heavy atom. The maximum atomic E-state index is 9.81. The molecule has 62 valence electrons. The Bertz CT molecular complexity index is 83.1. The number of carbonyl (C=O) groups excluding carboxylic acids is 1.